The average molecular weight is 420 g/mol. The number of benzene rings is 2. The molecular weight excluding hydrogens is 396 g/mol. The topological polar surface area (TPSA) is 98.5 Å². The number of amides is 1. The maximum absolute atomic E-state index is 12.7. The molecule has 31 heavy (non-hydrogen) atoms. The van der Waals surface area contributed by atoms with Crippen molar-refractivity contribution in [2.75, 3.05) is 5.32 Å². The standard InChI is InChI=1S/C24H24N2O5/c1-14(2)22(28)25-19-12-10-17(11-13-19)21(27)16(4)31-24(29)20-15(3)30-23(26-20)18-8-6-5-7-9-18/h5-14,16H,1-4H3,(H,25,28)/t16-/m1/s1. The van der Waals surface area contributed by atoms with Crippen molar-refractivity contribution in [3.63, 3.8) is 0 Å². The van der Waals surface area contributed by atoms with Gasteiger partial charge in [-0.15, -0.1) is 0 Å². The van der Waals surface area contributed by atoms with Crippen molar-refractivity contribution in [1.82, 2.24) is 4.98 Å². The molecule has 3 rings (SSSR count). The van der Waals surface area contributed by atoms with Gasteiger partial charge in [-0.2, -0.15) is 0 Å². The van der Waals surface area contributed by atoms with E-state index >= 15 is 0 Å². The van der Waals surface area contributed by atoms with Gasteiger partial charge < -0.3 is 14.5 Å². The summed E-state index contributed by atoms with van der Waals surface area (Å²) >= 11 is 0. The van der Waals surface area contributed by atoms with Crippen molar-refractivity contribution < 1.29 is 23.5 Å². The summed E-state index contributed by atoms with van der Waals surface area (Å²) in [4.78, 5) is 41.2. The van der Waals surface area contributed by atoms with Gasteiger partial charge in [-0.1, -0.05) is 32.0 Å². The Balaban J connectivity index is 1.66. The number of aromatic nitrogens is 1. The number of anilines is 1. The van der Waals surface area contributed by atoms with Gasteiger partial charge in [-0.3, -0.25) is 9.59 Å². The molecule has 1 atom stereocenters. The molecule has 0 unspecified atom stereocenters. The van der Waals surface area contributed by atoms with Crippen LogP contribution in [-0.4, -0.2) is 28.7 Å². The Hall–Kier alpha value is -3.74. The molecular formula is C24H24N2O5. The number of aryl methyl sites for hydroxylation is 1. The molecule has 0 radical (unpaired) electrons. The summed E-state index contributed by atoms with van der Waals surface area (Å²) in [6.07, 6.45) is -1.01. The van der Waals surface area contributed by atoms with Crippen LogP contribution in [0.4, 0.5) is 5.69 Å². The smallest absolute Gasteiger partial charge is 0.361 e. The fourth-order valence-electron chi connectivity index (χ4n) is 2.80. The summed E-state index contributed by atoms with van der Waals surface area (Å²) in [5, 5.41) is 2.76. The second-order valence-corrected chi connectivity index (χ2v) is 7.42. The Kier molecular flexibility index (Phi) is 6.65. The van der Waals surface area contributed by atoms with E-state index in [4.69, 9.17) is 9.15 Å². The molecule has 3 aromatic rings. The van der Waals surface area contributed by atoms with Crippen LogP contribution >= 0.6 is 0 Å². The molecule has 0 aliphatic heterocycles. The molecule has 0 aliphatic rings. The molecule has 160 valence electrons. The van der Waals surface area contributed by atoms with Gasteiger partial charge >= 0.3 is 5.97 Å². The lowest BCUT2D eigenvalue weighted by molar-refractivity contribution is -0.118. The zero-order chi connectivity index (χ0) is 22.5. The van der Waals surface area contributed by atoms with Crippen LogP contribution in [0.3, 0.4) is 0 Å². The second-order valence-electron chi connectivity index (χ2n) is 7.42. The molecule has 1 aromatic heterocycles. The first kappa shape index (κ1) is 22.0. The number of rotatable bonds is 7. The molecule has 1 amide bonds. The van der Waals surface area contributed by atoms with Gasteiger partial charge in [0.05, 0.1) is 0 Å². The molecule has 0 saturated carbocycles. The van der Waals surface area contributed by atoms with Crippen molar-refractivity contribution >= 4 is 23.3 Å². The average Bonchev–Trinajstić information content (AvgIpc) is 3.16. The van der Waals surface area contributed by atoms with Crippen LogP contribution in [0.1, 0.15) is 47.4 Å². The number of nitrogens with one attached hydrogen (secondary N) is 1. The van der Waals surface area contributed by atoms with E-state index in [1.807, 2.05) is 30.3 Å². The minimum Gasteiger partial charge on any atom is -0.449 e. The van der Waals surface area contributed by atoms with Gasteiger partial charge in [0.25, 0.3) is 0 Å². The van der Waals surface area contributed by atoms with Crippen molar-refractivity contribution in [1.29, 1.82) is 0 Å². The van der Waals surface area contributed by atoms with E-state index in [-0.39, 0.29) is 23.3 Å². The van der Waals surface area contributed by atoms with Crippen molar-refractivity contribution in [3.05, 3.63) is 71.6 Å². The molecule has 0 saturated heterocycles. The second kappa shape index (κ2) is 9.38. The highest BCUT2D eigenvalue weighted by molar-refractivity contribution is 6.02. The van der Waals surface area contributed by atoms with Crippen LogP contribution in [0.15, 0.2) is 59.0 Å². The van der Waals surface area contributed by atoms with E-state index in [2.05, 4.69) is 10.3 Å². The van der Waals surface area contributed by atoms with E-state index in [0.717, 1.165) is 5.56 Å². The van der Waals surface area contributed by atoms with Crippen LogP contribution in [0.5, 0.6) is 0 Å². The quantitative estimate of drug-likeness (QED) is 0.440. The van der Waals surface area contributed by atoms with Gasteiger partial charge in [0.2, 0.25) is 17.6 Å². The molecule has 0 bridgehead atoms. The number of carbonyl (C=O) groups is 3. The molecule has 0 aliphatic carbocycles. The normalized spacial score (nSPS) is 11.8. The van der Waals surface area contributed by atoms with E-state index in [1.165, 1.54) is 6.92 Å². The van der Waals surface area contributed by atoms with Gasteiger partial charge in [0, 0.05) is 22.7 Å². The van der Waals surface area contributed by atoms with Gasteiger partial charge in [0.1, 0.15) is 5.76 Å². The van der Waals surface area contributed by atoms with Crippen LogP contribution in [0.25, 0.3) is 11.5 Å². The highest BCUT2D eigenvalue weighted by Crippen LogP contribution is 2.22. The molecule has 1 heterocycles. The Labute approximate surface area is 180 Å². The number of ketones is 1. The number of Topliss-reactive ketones (excluding diaryl/α,β-unsaturated/α-hetero) is 1. The first-order valence-electron chi connectivity index (χ1n) is 9.95. The third-order valence-electron chi connectivity index (χ3n) is 4.63. The van der Waals surface area contributed by atoms with Crippen molar-refractivity contribution in [3.8, 4) is 11.5 Å². The molecule has 7 heteroatoms. The molecule has 7 nitrogen and oxygen atoms in total. The zero-order valence-electron chi connectivity index (χ0n) is 17.8. The van der Waals surface area contributed by atoms with E-state index in [9.17, 15) is 14.4 Å². The number of esters is 1. The Morgan fingerprint density at radius 2 is 1.61 bits per heavy atom. The predicted molar refractivity (Wildman–Crippen MR) is 116 cm³/mol. The fraction of sp³-hybridized carbons (Fsp3) is 0.250. The number of hydrogen-bond donors (Lipinski definition) is 1. The molecule has 0 spiro atoms. The molecule has 0 fully saturated rings. The van der Waals surface area contributed by atoms with Crippen LogP contribution in [0, 0.1) is 12.8 Å². The van der Waals surface area contributed by atoms with Crippen LogP contribution in [0.2, 0.25) is 0 Å². The first-order valence-corrected chi connectivity index (χ1v) is 9.95. The lowest BCUT2D eigenvalue weighted by Crippen LogP contribution is -2.25. The summed E-state index contributed by atoms with van der Waals surface area (Å²) in [6.45, 7) is 6.71. The number of nitrogens with zero attached hydrogens (tertiary/aromatic N) is 1. The van der Waals surface area contributed by atoms with E-state index in [1.54, 1.807) is 45.0 Å². The largest absolute Gasteiger partial charge is 0.449 e. The minimum atomic E-state index is -1.01. The number of ether oxygens (including phenoxy) is 1. The van der Waals surface area contributed by atoms with E-state index in [0.29, 0.717) is 22.9 Å². The third kappa shape index (κ3) is 5.25. The minimum absolute atomic E-state index is 0.0326. The summed E-state index contributed by atoms with van der Waals surface area (Å²) in [5.74, 6) is -0.733. The van der Waals surface area contributed by atoms with Crippen LogP contribution in [-0.2, 0) is 9.53 Å². The molecule has 2 aromatic carbocycles. The van der Waals surface area contributed by atoms with Crippen molar-refractivity contribution in [2.45, 2.75) is 33.8 Å². The van der Waals surface area contributed by atoms with Crippen molar-refractivity contribution in [2.24, 2.45) is 5.92 Å². The summed E-state index contributed by atoms with van der Waals surface area (Å²) in [5.41, 5.74) is 1.72. The Morgan fingerprint density at radius 3 is 2.23 bits per heavy atom. The summed E-state index contributed by atoms with van der Waals surface area (Å²) in [7, 11) is 0. The van der Waals surface area contributed by atoms with Gasteiger partial charge in [0.15, 0.2) is 11.8 Å². The number of oxazole rings is 1. The third-order valence-corrected chi connectivity index (χ3v) is 4.63. The monoisotopic (exact) mass is 420 g/mol. The van der Waals surface area contributed by atoms with Gasteiger partial charge in [-0.25, -0.2) is 9.78 Å². The Morgan fingerprint density at radius 1 is 0.968 bits per heavy atom. The number of hydrogen-bond acceptors (Lipinski definition) is 6. The Bertz CT molecular complexity index is 1080. The fourth-order valence-corrected chi connectivity index (χ4v) is 2.80. The molecule has 1 N–H and O–H groups in total. The lowest BCUT2D eigenvalue weighted by atomic mass is 10.1. The summed E-state index contributed by atoms with van der Waals surface area (Å²) < 4.78 is 10.9. The highest BCUT2D eigenvalue weighted by atomic mass is 16.5. The predicted octanol–water partition coefficient (Wildman–Crippen LogP) is 4.67. The van der Waals surface area contributed by atoms with Crippen LogP contribution < -0.4 is 5.32 Å². The zero-order valence-corrected chi connectivity index (χ0v) is 17.8. The highest BCUT2D eigenvalue weighted by Gasteiger charge is 2.25. The first-order chi connectivity index (χ1) is 14.8. The summed E-state index contributed by atoms with van der Waals surface area (Å²) in [6, 6.07) is 15.6. The van der Waals surface area contributed by atoms with Gasteiger partial charge in [-0.05, 0) is 50.2 Å². The SMILES string of the molecule is Cc1oc(-c2ccccc2)nc1C(=O)O[C@H](C)C(=O)c1ccc(NC(=O)C(C)C)cc1. The maximum atomic E-state index is 12.7. The maximum Gasteiger partial charge on any atom is 0.361 e. The van der Waals surface area contributed by atoms with E-state index < -0.39 is 12.1 Å². The number of carbonyl (C=O) groups excluding carboxylic acids is 3. The lowest BCUT2D eigenvalue weighted by Gasteiger charge is -2.12.